The van der Waals surface area contributed by atoms with E-state index >= 15 is 0 Å². The molecule has 0 atom stereocenters. The summed E-state index contributed by atoms with van der Waals surface area (Å²) in [5, 5.41) is 2.30. The molecule has 0 aliphatic rings. The number of methoxy groups -OCH3 is 1. The number of hydrogen-bond acceptors (Lipinski definition) is 5. The molecule has 0 spiro atoms. The van der Waals surface area contributed by atoms with E-state index in [0.717, 1.165) is 25.3 Å². The van der Waals surface area contributed by atoms with Gasteiger partial charge in [-0.05, 0) is 36.4 Å². The zero-order valence-electron chi connectivity index (χ0n) is 19.0. The van der Waals surface area contributed by atoms with Gasteiger partial charge in [0.1, 0.15) is 17.1 Å². The number of halogens is 6. The van der Waals surface area contributed by atoms with Crippen molar-refractivity contribution in [2.24, 2.45) is 0 Å². The van der Waals surface area contributed by atoms with Crippen molar-refractivity contribution < 1.29 is 50.1 Å². The summed E-state index contributed by atoms with van der Waals surface area (Å²) in [6, 6.07) is 15.5. The highest BCUT2D eigenvalue weighted by molar-refractivity contribution is 5.93. The summed E-state index contributed by atoms with van der Waals surface area (Å²) < 4.78 is 98.7. The number of ether oxygens (including phenoxy) is 3. The number of rotatable bonds is 8. The molecule has 1 N–H and O–H groups in total. The zero-order chi connectivity index (χ0) is 27.3. The van der Waals surface area contributed by atoms with Crippen LogP contribution in [-0.4, -0.2) is 37.9 Å². The van der Waals surface area contributed by atoms with Crippen LogP contribution in [-0.2, 0) is 15.1 Å². The van der Waals surface area contributed by atoms with E-state index in [1.807, 2.05) is 0 Å². The van der Waals surface area contributed by atoms with Gasteiger partial charge in [0.15, 0.2) is 6.61 Å². The molecule has 196 valence electrons. The molecule has 3 rings (SSSR count). The third kappa shape index (κ3) is 5.96. The number of esters is 1. The van der Waals surface area contributed by atoms with Gasteiger partial charge in [-0.25, -0.2) is 4.79 Å². The molecule has 0 bridgehead atoms. The molecular formula is C25H19F6NO5. The normalized spacial score (nSPS) is 12.0. The zero-order valence-corrected chi connectivity index (χ0v) is 19.0. The van der Waals surface area contributed by atoms with Gasteiger partial charge in [0, 0.05) is 11.3 Å². The van der Waals surface area contributed by atoms with Crippen LogP contribution in [0.1, 0.15) is 15.9 Å². The average molecular weight is 527 g/mol. The lowest BCUT2D eigenvalue weighted by Crippen LogP contribution is -2.56. The van der Waals surface area contributed by atoms with Crippen LogP contribution in [0.2, 0.25) is 0 Å². The summed E-state index contributed by atoms with van der Waals surface area (Å²) in [6.45, 7) is -0.461. The second kappa shape index (κ2) is 10.8. The minimum Gasteiger partial charge on any atom is -0.496 e. The molecule has 0 saturated heterocycles. The van der Waals surface area contributed by atoms with Crippen LogP contribution in [0.5, 0.6) is 11.5 Å². The largest absolute Gasteiger partial charge is 0.496 e. The summed E-state index contributed by atoms with van der Waals surface area (Å²) in [6.07, 6.45) is -12.2. The molecule has 0 saturated carbocycles. The molecule has 12 heteroatoms. The smallest absolute Gasteiger partial charge is 0.442 e. The Hall–Kier alpha value is -4.22. The third-order valence-electron chi connectivity index (χ3n) is 5.06. The first-order valence-corrected chi connectivity index (χ1v) is 10.5. The summed E-state index contributed by atoms with van der Waals surface area (Å²) in [4.78, 5) is 24.6. The van der Waals surface area contributed by atoms with Crippen LogP contribution >= 0.6 is 0 Å². The van der Waals surface area contributed by atoms with Crippen molar-refractivity contribution in [1.29, 1.82) is 0 Å². The summed E-state index contributed by atoms with van der Waals surface area (Å²) >= 11 is 0. The Morgan fingerprint density at radius 3 is 1.92 bits per heavy atom. The maximum absolute atomic E-state index is 14.1. The van der Waals surface area contributed by atoms with Gasteiger partial charge in [-0.1, -0.05) is 42.5 Å². The minimum atomic E-state index is -6.10. The standard InChI is InChI=1S/C25H19F6NO5/c1-35-20-10-6-5-9-19(20)22(34)37-23(24(26,27)28,25(29,30)31)16-11-13-17(14-12-16)32-21(33)15-36-18-7-3-2-4-8-18/h2-14H,15H2,1H3,(H,32,33). The molecule has 0 aliphatic heterocycles. The van der Waals surface area contributed by atoms with E-state index in [0.29, 0.717) is 17.9 Å². The Balaban J connectivity index is 1.89. The first-order chi connectivity index (χ1) is 17.4. The van der Waals surface area contributed by atoms with Crippen LogP contribution in [0.3, 0.4) is 0 Å². The number of hydrogen-bond donors (Lipinski definition) is 1. The van der Waals surface area contributed by atoms with Crippen molar-refractivity contribution in [2.75, 3.05) is 19.0 Å². The molecule has 6 nitrogen and oxygen atoms in total. The molecule has 37 heavy (non-hydrogen) atoms. The molecule has 1 amide bonds. The maximum atomic E-state index is 14.1. The predicted octanol–water partition coefficient (Wildman–Crippen LogP) is 5.89. The fourth-order valence-electron chi connectivity index (χ4n) is 3.32. The molecule has 0 heterocycles. The van der Waals surface area contributed by atoms with Crippen molar-refractivity contribution in [2.45, 2.75) is 18.0 Å². The topological polar surface area (TPSA) is 73.9 Å². The van der Waals surface area contributed by atoms with Crippen LogP contribution < -0.4 is 14.8 Å². The predicted molar refractivity (Wildman–Crippen MR) is 119 cm³/mol. The minimum absolute atomic E-state index is 0.111. The number of amides is 1. The van der Waals surface area contributed by atoms with Crippen LogP contribution in [0.15, 0.2) is 78.9 Å². The highest BCUT2D eigenvalue weighted by atomic mass is 19.4. The van der Waals surface area contributed by atoms with Gasteiger partial charge in [-0.3, -0.25) is 4.79 Å². The number of nitrogens with one attached hydrogen (secondary N) is 1. The van der Waals surface area contributed by atoms with Gasteiger partial charge < -0.3 is 19.5 Å². The molecule has 0 radical (unpaired) electrons. The van der Waals surface area contributed by atoms with Crippen molar-refractivity contribution in [3.05, 3.63) is 90.0 Å². The summed E-state index contributed by atoms with van der Waals surface area (Å²) in [5.41, 5.74) is -7.17. The number of benzene rings is 3. The van der Waals surface area contributed by atoms with Crippen molar-refractivity contribution in [3.8, 4) is 11.5 Å². The highest BCUT2D eigenvalue weighted by Gasteiger charge is 2.75. The van der Waals surface area contributed by atoms with Gasteiger partial charge in [-0.15, -0.1) is 0 Å². The van der Waals surface area contributed by atoms with E-state index in [-0.39, 0.29) is 11.4 Å². The Bertz CT molecular complexity index is 1210. The lowest BCUT2D eigenvalue weighted by atomic mass is 9.91. The van der Waals surface area contributed by atoms with E-state index in [1.165, 1.54) is 18.2 Å². The second-order valence-corrected chi connectivity index (χ2v) is 7.49. The maximum Gasteiger partial charge on any atom is 0.442 e. The first kappa shape index (κ1) is 27.4. The Morgan fingerprint density at radius 1 is 0.784 bits per heavy atom. The van der Waals surface area contributed by atoms with E-state index < -0.39 is 47.6 Å². The molecule has 0 aliphatic carbocycles. The SMILES string of the molecule is COc1ccccc1C(=O)OC(c1ccc(NC(=O)COc2ccccc2)cc1)(C(F)(F)F)C(F)(F)F. The molecule has 3 aromatic rings. The number of carbonyl (C=O) groups is 2. The number of carbonyl (C=O) groups excluding carboxylic acids is 2. The van der Waals surface area contributed by atoms with Crippen molar-refractivity contribution >= 4 is 17.6 Å². The third-order valence-corrected chi connectivity index (χ3v) is 5.06. The van der Waals surface area contributed by atoms with Gasteiger partial charge in [0.25, 0.3) is 5.91 Å². The Labute approximate surface area is 206 Å². The lowest BCUT2D eigenvalue weighted by molar-refractivity contribution is -0.373. The Kier molecular flexibility index (Phi) is 7.99. The first-order valence-electron chi connectivity index (χ1n) is 10.5. The fraction of sp³-hybridized carbons (Fsp3) is 0.200. The fourth-order valence-corrected chi connectivity index (χ4v) is 3.32. The van der Waals surface area contributed by atoms with Gasteiger partial charge in [0.05, 0.1) is 7.11 Å². The van der Waals surface area contributed by atoms with Crippen LogP contribution in [0.25, 0.3) is 0 Å². The quantitative estimate of drug-likeness (QED) is 0.292. The van der Waals surface area contributed by atoms with E-state index in [2.05, 4.69) is 10.1 Å². The van der Waals surface area contributed by atoms with Gasteiger partial charge in [0.2, 0.25) is 0 Å². The summed E-state index contributed by atoms with van der Waals surface area (Å²) in [5.74, 6) is -2.51. The number of alkyl halides is 6. The molecule has 0 fully saturated rings. The average Bonchev–Trinajstić information content (AvgIpc) is 2.85. The lowest BCUT2D eigenvalue weighted by Gasteiger charge is -2.37. The van der Waals surface area contributed by atoms with Crippen LogP contribution in [0.4, 0.5) is 32.0 Å². The van der Waals surface area contributed by atoms with E-state index in [9.17, 15) is 35.9 Å². The molecule has 0 unspecified atom stereocenters. The Morgan fingerprint density at radius 2 is 1.35 bits per heavy atom. The number of anilines is 1. The van der Waals surface area contributed by atoms with E-state index in [4.69, 9.17) is 9.47 Å². The second-order valence-electron chi connectivity index (χ2n) is 7.49. The number of para-hydroxylation sites is 2. The molecular weight excluding hydrogens is 508 g/mol. The molecule has 3 aromatic carbocycles. The van der Waals surface area contributed by atoms with Crippen molar-refractivity contribution in [1.82, 2.24) is 0 Å². The molecule has 0 aromatic heterocycles. The van der Waals surface area contributed by atoms with Crippen molar-refractivity contribution in [3.63, 3.8) is 0 Å². The van der Waals surface area contributed by atoms with Gasteiger partial charge >= 0.3 is 23.9 Å². The monoisotopic (exact) mass is 527 g/mol. The van der Waals surface area contributed by atoms with Gasteiger partial charge in [-0.2, -0.15) is 26.3 Å². The van der Waals surface area contributed by atoms with Crippen LogP contribution in [0, 0.1) is 0 Å². The summed E-state index contributed by atoms with van der Waals surface area (Å²) in [7, 11) is 1.09. The van der Waals surface area contributed by atoms with E-state index in [1.54, 1.807) is 30.3 Å². The highest BCUT2D eigenvalue weighted by Crippen LogP contribution is 2.53.